The van der Waals surface area contributed by atoms with Crippen LogP contribution in [0.4, 0.5) is 0 Å². The van der Waals surface area contributed by atoms with Gasteiger partial charge in [-0.2, -0.15) is 0 Å². The number of nitrogens with zero attached hydrogens (tertiary/aromatic N) is 2. The zero-order valence-electron chi connectivity index (χ0n) is 14.6. The Labute approximate surface area is 145 Å². The molecule has 4 nitrogen and oxygen atoms in total. The lowest BCUT2D eigenvalue weighted by Gasteiger charge is -2.31. The highest BCUT2D eigenvalue weighted by molar-refractivity contribution is 5.79. The first-order chi connectivity index (χ1) is 11.6. The lowest BCUT2D eigenvalue weighted by atomic mass is 9.95. The van der Waals surface area contributed by atoms with Crippen molar-refractivity contribution in [3.63, 3.8) is 0 Å². The molecule has 1 amide bonds. The summed E-state index contributed by atoms with van der Waals surface area (Å²) >= 11 is 0. The predicted molar refractivity (Wildman–Crippen MR) is 95.7 cm³/mol. The molecule has 0 spiro atoms. The third-order valence-corrected chi connectivity index (χ3v) is 6.00. The fraction of sp³-hybridized carbons (Fsp3) is 0.650. The third-order valence-electron chi connectivity index (χ3n) is 6.00. The van der Waals surface area contributed by atoms with Gasteiger partial charge in [0.05, 0.1) is 6.54 Å². The van der Waals surface area contributed by atoms with Crippen molar-refractivity contribution in [2.75, 3.05) is 19.6 Å². The van der Waals surface area contributed by atoms with Gasteiger partial charge in [-0.05, 0) is 44.1 Å². The van der Waals surface area contributed by atoms with Crippen LogP contribution in [0.3, 0.4) is 0 Å². The van der Waals surface area contributed by atoms with Crippen molar-refractivity contribution in [1.29, 1.82) is 0 Å². The lowest BCUT2D eigenvalue weighted by molar-refractivity contribution is -0.135. The second-order valence-electron chi connectivity index (χ2n) is 7.99. The first kappa shape index (κ1) is 16.1. The van der Waals surface area contributed by atoms with Crippen molar-refractivity contribution in [3.8, 4) is 0 Å². The molecule has 1 aliphatic heterocycles. The number of amides is 1. The number of carbonyl (C=O) groups excluding carboxylic acids is 1. The van der Waals surface area contributed by atoms with Gasteiger partial charge in [-0.3, -0.25) is 9.69 Å². The van der Waals surface area contributed by atoms with E-state index in [1.807, 2.05) is 6.07 Å². The van der Waals surface area contributed by atoms with E-state index in [1.165, 1.54) is 31.2 Å². The van der Waals surface area contributed by atoms with Crippen LogP contribution in [0.25, 0.3) is 0 Å². The SMILES string of the molecule is CC(C1CC1)N(C(=O)CN1C[C@@H](N)[C@H](c2ccccc2)C1)C1CC1. The molecule has 1 saturated heterocycles. The highest BCUT2D eigenvalue weighted by Crippen LogP contribution is 2.40. The molecule has 1 aromatic carbocycles. The number of hydrogen-bond donors (Lipinski definition) is 1. The van der Waals surface area contributed by atoms with Crippen LogP contribution in [0.5, 0.6) is 0 Å². The van der Waals surface area contributed by atoms with Crippen LogP contribution in [-0.4, -0.2) is 53.5 Å². The van der Waals surface area contributed by atoms with Gasteiger partial charge in [0.25, 0.3) is 0 Å². The Hall–Kier alpha value is -1.39. The van der Waals surface area contributed by atoms with Gasteiger partial charge in [-0.1, -0.05) is 30.3 Å². The molecule has 130 valence electrons. The van der Waals surface area contributed by atoms with Crippen LogP contribution in [0.1, 0.15) is 44.1 Å². The summed E-state index contributed by atoms with van der Waals surface area (Å²) in [5.41, 5.74) is 7.67. The van der Waals surface area contributed by atoms with Crippen LogP contribution >= 0.6 is 0 Å². The Kier molecular flexibility index (Phi) is 4.35. The molecule has 3 atom stereocenters. The highest BCUT2D eigenvalue weighted by Gasteiger charge is 2.42. The van der Waals surface area contributed by atoms with E-state index in [9.17, 15) is 4.79 Å². The Morgan fingerprint density at radius 3 is 2.54 bits per heavy atom. The molecule has 0 bridgehead atoms. The van der Waals surface area contributed by atoms with E-state index in [4.69, 9.17) is 5.73 Å². The van der Waals surface area contributed by atoms with Gasteiger partial charge in [0.15, 0.2) is 0 Å². The summed E-state index contributed by atoms with van der Waals surface area (Å²) in [6, 6.07) is 11.5. The van der Waals surface area contributed by atoms with Gasteiger partial charge >= 0.3 is 0 Å². The van der Waals surface area contributed by atoms with E-state index in [0.717, 1.165) is 19.0 Å². The normalized spacial score (nSPS) is 28.8. The van der Waals surface area contributed by atoms with Crippen molar-refractivity contribution in [3.05, 3.63) is 35.9 Å². The molecule has 0 aromatic heterocycles. The Bertz CT molecular complexity index is 582. The molecule has 0 radical (unpaired) electrons. The van der Waals surface area contributed by atoms with Crippen molar-refractivity contribution in [2.45, 2.75) is 56.7 Å². The molecule has 3 fully saturated rings. The molecule has 2 saturated carbocycles. The van der Waals surface area contributed by atoms with Gasteiger partial charge in [0.2, 0.25) is 5.91 Å². The van der Waals surface area contributed by atoms with Crippen molar-refractivity contribution in [2.24, 2.45) is 11.7 Å². The number of likely N-dealkylation sites (tertiary alicyclic amines) is 1. The summed E-state index contributed by atoms with van der Waals surface area (Å²) in [5, 5.41) is 0. The standard InChI is InChI=1S/C20H29N3O/c1-14(15-7-8-15)23(17-9-10-17)20(24)13-22-11-18(19(21)12-22)16-5-3-2-4-6-16/h2-6,14-15,17-19H,7-13,21H2,1H3/t14?,18-,19+/m0/s1. The van der Waals surface area contributed by atoms with Gasteiger partial charge in [0, 0.05) is 37.1 Å². The Balaban J connectivity index is 1.39. The van der Waals surface area contributed by atoms with Crippen molar-refractivity contribution in [1.82, 2.24) is 9.80 Å². The lowest BCUT2D eigenvalue weighted by Crippen LogP contribution is -2.46. The predicted octanol–water partition coefficient (Wildman–Crippen LogP) is 2.20. The molecule has 3 aliphatic rings. The molecule has 4 rings (SSSR count). The largest absolute Gasteiger partial charge is 0.336 e. The second kappa shape index (κ2) is 6.49. The number of carbonyl (C=O) groups is 1. The smallest absolute Gasteiger partial charge is 0.237 e. The van der Waals surface area contributed by atoms with Gasteiger partial charge in [-0.25, -0.2) is 0 Å². The summed E-state index contributed by atoms with van der Waals surface area (Å²) in [5.74, 6) is 1.40. The first-order valence-electron chi connectivity index (χ1n) is 9.47. The quantitative estimate of drug-likeness (QED) is 0.871. The highest BCUT2D eigenvalue weighted by atomic mass is 16.2. The minimum absolute atomic E-state index is 0.121. The number of rotatable bonds is 6. The average molecular weight is 327 g/mol. The third kappa shape index (κ3) is 3.35. The van der Waals surface area contributed by atoms with E-state index >= 15 is 0 Å². The minimum Gasteiger partial charge on any atom is -0.336 e. The van der Waals surface area contributed by atoms with Gasteiger partial charge < -0.3 is 10.6 Å². The maximum atomic E-state index is 12.9. The van der Waals surface area contributed by atoms with E-state index in [-0.39, 0.29) is 6.04 Å². The monoisotopic (exact) mass is 327 g/mol. The van der Waals surface area contributed by atoms with Crippen LogP contribution in [0.15, 0.2) is 30.3 Å². The topological polar surface area (TPSA) is 49.6 Å². The van der Waals surface area contributed by atoms with E-state index < -0.39 is 0 Å². The second-order valence-corrected chi connectivity index (χ2v) is 7.99. The van der Waals surface area contributed by atoms with Crippen LogP contribution in [-0.2, 0) is 4.79 Å². The number of nitrogens with two attached hydrogens (primary N) is 1. The molecular weight excluding hydrogens is 298 g/mol. The maximum absolute atomic E-state index is 12.9. The van der Waals surface area contributed by atoms with Crippen molar-refractivity contribution >= 4 is 5.91 Å². The summed E-state index contributed by atoms with van der Waals surface area (Å²) in [6.07, 6.45) is 4.97. The molecule has 1 aromatic rings. The zero-order valence-corrected chi connectivity index (χ0v) is 14.6. The Morgan fingerprint density at radius 2 is 1.92 bits per heavy atom. The summed E-state index contributed by atoms with van der Waals surface area (Å²) in [4.78, 5) is 17.4. The fourth-order valence-electron chi connectivity index (χ4n) is 4.29. The van der Waals surface area contributed by atoms with Crippen LogP contribution in [0, 0.1) is 5.92 Å². The number of benzene rings is 1. The average Bonchev–Trinajstić information content (AvgIpc) is 3.47. The molecule has 2 aliphatic carbocycles. The van der Waals surface area contributed by atoms with Gasteiger partial charge in [-0.15, -0.1) is 0 Å². The van der Waals surface area contributed by atoms with Crippen LogP contribution in [0.2, 0.25) is 0 Å². The maximum Gasteiger partial charge on any atom is 0.237 e. The summed E-state index contributed by atoms with van der Waals surface area (Å²) < 4.78 is 0. The van der Waals surface area contributed by atoms with E-state index in [2.05, 4.69) is 41.0 Å². The molecular formula is C20H29N3O. The first-order valence-corrected chi connectivity index (χ1v) is 9.47. The van der Waals surface area contributed by atoms with Gasteiger partial charge in [0.1, 0.15) is 0 Å². The molecule has 1 heterocycles. The summed E-state index contributed by atoms with van der Waals surface area (Å²) in [6.45, 7) is 4.50. The molecule has 2 N–H and O–H groups in total. The van der Waals surface area contributed by atoms with E-state index in [0.29, 0.717) is 30.5 Å². The molecule has 24 heavy (non-hydrogen) atoms. The fourth-order valence-corrected chi connectivity index (χ4v) is 4.29. The van der Waals surface area contributed by atoms with E-state index in [1.54, 1.807) is 0 Å². The molecule has 1 unspecified atom stereocenters. The zero-order chi connectivity index (χ0) is 16.7. The van der Waals surface area contributed by atoms with Crippen LogP contribution < -0.4 is 5.73 Å². The molecule has 4 heteroatoms. The minimum atomic E-state index is 0.121. The Morgan fingerprint density at radius 1 is 1.21 bits per heavy atom. The summed E-state index contributed by atoms with van der Waals surface area (Å²) in [7, 11) is 0. The van der Waals surface area contributed by atoms with Crippen molar-refractivity contribution < 1.29 is 4.79 Å². The number of hydrogen-bond acceptors (Lipinski definition) is 3.